The van der Waals surface area contributed by atoms with Crippen LogP contribution in [0.15, 0.2) is 22.7 Å². The zero-order valence-corrected chi connectivity index (χ0v) is 13.9. The molecule has 0 saturated heterocycles. The van der Waals surface area contributed by atoms with Crippen LogP contribution in [0.5, 0.6) is 0 Å². The van der Waals surface area contributed by atoms with Crippen molar-refractivity contribution in [2.45, 2.75) is 26.2 Å². The van der Waals surface area contributed by atoms with Gasteiger partial charge in [0.15, 0.2) is 0 Å². The molecule has 1 aromatic heterocycles. The lowest BCUT2D eigenvalue weighted by Gasteiger charge is -2.08. The van der Waals surface area contributed by atoms with Crippen molar-refractivity contribution in [3.05, 3.63) is 55.7 Å². The summed E-state index contributed by atoms with van der Waals surface area (Å²) in [5.41, 5.74) is 1.29. The van der Waals surface area contributed by atoms with Crippen LogP contribution in [0.3, 0.4) is 0 Å². The minimum atomic E-state index is -0.436. The average Bonchev–Trinajstić information content (AvgIpc) is 2.41. The molecule has 0 atom stereocenters. The number of benzene rings is 1. The first kappa shape index (κ1) is 15.7. The Hall–Kier alpha value is -0.710. The van der Waals surface area contributed by atoms with E-state index in [2.05, 4.69) is 32.8 Å². The fourth-order valence-corrected chi connectivity index (χ4v) is 2.62. The summed E-state index contributed by atoms with van der Waals surface area (Å²) in [4.78, 5) is 8.62. The maximum atomic E-state index is 13.9. The molecule has 106 valence electrons. The summed E-state index contributed by atoms with van der Waals surface area (Å²) in [5, 5.41) is 0.445. The molecule has 0 aliphatic carbocycles. The van der Waals surface area contributed by atoms with Gasteiger partial charge in [-0.1, -0.05) is 48.7 Å². The van der Waals surface area contributed by atoms with E-state index in [4.69, 9.17) is 23.2 Å². The Morgan fingerprint density at radius 3 is 2.70 bits per heavy atom. The molecule has 6 heteroatoms. The number of rotatable bonds is 4. The fraction of sp³-hybridized carbons (Fsp3) is 0.286. The molecule has 2 nitrogen and oxygen atoms in total. The molecule has 1 aromatic carbocycles. The number of aromatic nitrogens is 2. The first-order valence-corrected chi connectivity index (χ1v) is 7.71. The molecule has 2 rings (SSSR count). The van der Waals surface area contributed by atoms with E-state index < -0.39 is 5.82 Å². The monoisotopic (exact) mass is 376 g/mol. The van der Waals surface area contributed by atoms with Crippen LogP contribution in [-0.4, -0.2) is 9.97 Å². The zero-order valence-electron chi connectivity index (χ0n) is 10.8. The Kier molecular flexibility index (Phi) is 5.35. The van der Waals surface area contributed by atoms with Gasteiger partial charge < -0.3 is 0 Å². The van der Waals surface area contributed by atoms with E-state index in [9.17, 15) is 4.39 Å². The zero-order chi connectivity index (χ0) is 14.7. The van der Waals surface area contributed by atoms with Gasteiger partial charge >= 0.3 is 0 Å². The van der Waals surface area contributed by atoms with Crippen molar-refractivity contribution in [3.63, 3.8) is 0 Å². The SMILES string of the molecule is CCCc1nc(Cc2cccc(Cl)c2F)nc(Cl)c1Br. The van der Waals surface area contributed by atoms with Crippen LogP contribution in [-0.2, 0) is 12.8 Å². The lowest BCUT2D eigenvalue weighted by Crippen LogP contribution is -2.04. The van der Waals surface area contributed by atoms with Crippen molar-refractivity contribution < 1.29 is 4.39 Å². The second kappa shape index (κ2) is 6.83. The molecule has 0 radical (unpaired) electrons. The van der Waals surface area contributed by atoms with E-state index in [0.717, 1.165) is 18.5 Å². The summed E-state index contributed by atoms with van der Waals surface area (Å²) in [6.45, 7) is 2.05. The summed E-state index contributed by atoms with van der Waals surface area (Å²) in [5.74, 6) is 0.0525. The minimum Gasteiger partial charge on any atom is -0.236 e. The van der Waals surface area contributed by atoms with Crippen LogP contribution in [0.1, 0.15) is 30.4 Å². The molecule has 1 heterocycles. The summed E-state index contributed by atoms with van der Waals surface area (Å²) < 4.78 is 14.6. The second-order valence-electron chi connectivity index (χ2n) is 4.33. The second-order valence-corrected chi connectivity index (χ2v) is 5.89. The maximum Gasteiger partial charge on any atom is 0.147 e. The molecule has 2 aromatic rings. The number of hydrogen-bond donors (Lipinski definition) is 0. The molecule has 0 bridgehead atoms. The Morgan fingerprint density at radius 2 is 2.00 bits per heavy atom. The van der Waals surface area contributed by atoms with E-state index in [-0.39, 0.29) is 11.4 Å². The van der Waals surface area contributed by atoms with Crippen LogP contribution < -0.4 is 0 Å². The molecule has 20 heavy (non-hydrogen) atoms. The third-order valence-electron chi connectivity index (χ3n) is 2.79. The molecule has 0 fully saturated rings. The van der Waals surface area contributed by atoms with Gasteiger partial charge in [0.05, 0.1) is 15.2 Å². The summed E-state index contributed by atoms with van der Waals surface area (Å²) in [6, 6.07) is 4.88. The highest BCUT2D eigenvalue weighted by Crippen LogP contribution is 2.26. The first-order chi connectivity index (χ1) is 9.52. The van der Waals surface area contributed by atoms with Gasteiger partial charge in [-0.3, -0.25) is 0 Å². The topological polar surface area (TPSA) is 25.8 Å². The highest BCUT2D eigenvalue weighted by Gasteiger charge is 2.13. The van der Waals surface area contributed by atoms with Gasteiger partial charge in [0.25, 0.3) is 0 Å². The highest BCUT2D eigenvalue weighted by molar-refractivity contribution is 9.10. The molecule has 0 spiro atoms. The molecule has 0 saturated carbocycles. The maximum absolute atomic E-state index is 13.9. The quantitative estimate of drug-likeness (QED) is 0.682. The van der Waals surface area contributed by atoms with Crippen molar-refractivity contribution in [1.82, 2.24) is 9.97 Å². The van der Waals surface area contributed by atoms with E-state index in [1.807, 2.05) is 0 Å². The highest BCUT2D eigenvalue weighted by atomic mass is 79.9. The van der Waals surface area contributed by atoms with Gasteiger partial charge in [0, 0.05) is 6.42 Å². The van der Waals surface area contributed by atoms with Gasteiger partial charge in [-0.05, 0) is 34.0 Å². The Labute approximate surface area is 135 Å². The van der Waals surface area contributed by atoms with E-state index >= 15 is 0 Å². The van der Waals surface area contributed by atoms with Crippen molar-refractivity contribution in [3.8, 4) is 0 Å². The molecular formula is C14H12BrCl2FN2. The Morgan fingerprint density at radius 1 is 1.25 bits per heavy atom. The van der Waals surface area contributed by atoms with Crippen molar-refractivity contribution >= 4 is 39.1 Å². The molecule has 0 N–H and O–H groups in total. The van der Waals surface area contributed by atoms with Crippen molar-refractivity contribution in [2.75, 3.05) is 0 Å². The lowest BCUT2D eigenvalue weighted by molar-refractivity contribution is 0.612. The Bertz CT molecular complexity index is 635. The third-order valence-corrected chi connectivity index (χ3v) is 4.42. The molecule has 0 unspecified atom stereocenters. The largest absolute Gasteiger partial charge is 0.236 e. The number of aryl methyl sites for hydroxylation is 1. The fourth-order valence-electron chi connectivity index (χ4n) is 1.85. The van der Waals surface area contributed by atoms with Crippen molar-refractivity contribution in [2.24, 2.45) is 0 Å². The third kappa shape index (κ3) is 3.48. The molecular weight excluding hydrogens is 366 g/mol. The van der Waals surface area contributed by atoms with Crippen LogP contribution in [0, 0.1) is 5.82 Å². The van der Waals surface area contributed by atoms with E-state index in [1.54, 1.807) is 12.1 Å². The van der Waals surface area contributed by atoms with Crippen LogP contribution in [0.4, 0.5) is 4.39 Å². The standard InChI is InChI=1S/C14H12BrCl2FN2/c1-2-4-10-12(15)14(17)20-11(19-10)7-8-5-3-6-9(16)13(8)18/h3,5-6H,2,4,7H2,1H3. The number of hydrogen-bond acceptors (Lipinski definition) is 2. The van der Waals surface area contributed by atoms with E-state index in [0.29, 0.717) is 21.0 Å². The van der Waals surface area contributed by atoms with Gasteiger partial charge in [-0.15, -0.1) is 0 Å². The number of halogens is 4. The van der Waals surface area contributed by atoms with Gasteiger partial charge in [-0.25, -0.2) is 14.4 Å². The average molecular weight is 378 g/mol. The van der Waals surface area contributed by atoms with E-state index in [1.165, 1.54) is 6.07 Å². The Balaban J connectivity index is 2.36. The van der Waals surface area contributed by atoms with Crippen LogP contribution in [0.25, 0.3) is 0 Å². The minimum absolute atomic E-state index is 0.0968. The first-order valence-electron chi connectivity index (χ1n) is 6.16. The lowest BCUT2D eigenvalue weighted by atomic mass is 10.1. The summed E-state index contributed by atoms with van der Waals surface area (Å²) in [6.07, 6.45) is 1.99. The van der Waals surface area contributed by atoms with Gasteiger partial charge in [0.1, 0.15) is 16.8 Å². The molecule has 0 aliphatic rings. The molecule has 0 amide bonds. The molecule has 0 aliphatic heterocycles. The smallest absolute Gasteiger partial charge is 0.147 e. The van der Waals surface area contributed by atoms with Gasteiger partial charge in [0.2, 0.25) is 0 Å². The predicted octanol–water partition coefficient (Wildman–Crippen LogP) is 5.23. The van der Waals surface area contributed by atoms with Crippen LogP contribution in [0.2, 0.25) is 10.2 Å². The van der Waals surface area contributed by atoms with Crippen molar-refractivity contribution in [1.29, 1.82) is 0 Å². The van der Waals surface area contributed by atoms with Crippen LogP contribution >= 0.6 is 39.1 Å². The normalized spacial score (nSPS) is 10.8. The van der Waals surface area contributed by atoms with Gasteiger partial charge in [-0.2, -0.15) is 0 Å². The predicted molar refractivity (Wildman–Crippen MR) is 83.0 cm³/mol. The summed E-state index contributed by atoms with van der Waals surface area (Å²) >= 11 is 15.2. The number of nitrogens with zero attached hydrogens (tertiary/aromatic N) is 2. The summed E-state index contributed by atoms with van der Waals surface area (Å²) in [7, 11) is 0.